The van der Waals surface area contributed by atoms with Gasteiger partial charge in [-0.15, -0.1) is 0 Å². The molecule has 0 aliphatic rings. The summed E-state index contributed by atoms with van der Waals surface area (Å²) in [5.41, 5.74) is 2.27. The Morgan fingerprint density at radius 1 is 1.00 bits per heavy atom. The molecule has 0 spiro atoms. The number of benzene rings is 3. The lowest BCUT2D eigenvalue weighted by Gasteiger charge is -2.07. The van der Waals surface area contributed by atoms with E-state index in [4.69, 9.17) is 0 Å². The quantitative estimate of drug-likeness (QED) is 0.410. The van der Waals surface area contributed by atoms with E-state index in [9.17, 15) is 14.4 Å². The van der Waals surface area contributed by atoms with Crippen LogP contribution in [-0.4, -0.2) is 38.4 Å². The van der Waals surface area contributed by atoms with Crippen molar-refractivity contribution in [3.8, 4) is 11.3 Å². The molecule has 0 fully saturated rings. The van der Waals surface area contributed by atoms with Crippen LogP contribution < -0.4 is 10.9 Å². The van der Waals surface area contributed by atoms with E-state index in [-0.39, 0.29) is 6.54 Å². The van der Waals surface area contributed by atoms with Crippen LogP contribution in [0.3, 0.4) is 0 Å². The number of amides is 1. The van der Waals surface area contributed by atoms with E-state index in [0.29, 0.717) is 22.5 Å². The number of rotatable bonds is 5. The second-order valence-electron chi connectivity index (χ2n) is 7.60. The standard InChI is InChI=1S/C25H19N5O4/c1-34-25(33)17-9-11-18(12-10-17)27-23(31)14-29-24(32)22-13-21(28-30(22)15-26-29)20-8-4-6-16-5-2-3-7-19(16)20/h2-13,15H,14H2,1H3,(H,27,31). The predicted molar refractivity (Wildman–Crippen MR) is 127 cm³/mol. The van der Waals surface area contributed by atoms with E-state index in [2.05, 4.69) is 20.3 Å². The van der Waals surface area contributed by atoms with Crippen LogP contribution in [0.2, 0.25) is 0 Å². The van der Waals surface area contributed by atoms with E-state index >= 15 is 0 Å². The molecule has 2 aromatic heterocycles. The molecule has 9 nitrogen and oxygen atoms in total. The minimum Gasteiger partial charge on any atom is -0.465 e. The van der Waals surface area contributed by atoms with Gasteiger partial charge in [0.05, 0.1) is 18.4 Å². The van der Waals surface area contributed by atoms with Crippen LogP contribution in [0.25, 0.3) is 27.5 Å². The van der Waals surface area contributed by atoms with Gasteiger partial charge in [-0.25, -0.2) is 14.0 Å². The molecule has 168 valence electrons. The van der Waals surface area contributed by atoms with Crippen LogP contribution in [0.15, 0.2) is 83.9 Å². The predicted octanol–water partition coefficient (Wildman–Crippen LogP) is 3.14. The van der Waals surface area contributed by atoms with Crippen molar-refractivity contribution in [1.82, 2.24) is 19.4 Å². The molecular formula is C25H19N5O4. The number of ether oxygens (including phenoxy) is 1. The topological polar surface area (TPSA) is 108 Å². The highest BCUT2D eigenvalue weighted by Gasteiger charge is 2.14. The van der Waals surface area contributed by atoms with Crippen molar-refractivity contribution >= 4 is 33.9 Å². The SMILES string of the molecule is COC(=O)c1ccc(NC(=O)Cn2ncn3nc(-c4cccc5ccccc45)cc3c2=O)cc1. The first-order valence-electron chi connectivity index (χ1n) is 10.5. The number of nitrogens with one attached hydrogen (secondary N) is 1. The maximum atomic E-state index is 13.0. The summed E-state index contributed by atoms with van der Waals surface area (Å²) >= 11 is 0. The number of hydrogen-bond donors (Lipinski definition) is 1. The fourth-order valence-electron chi connectivity index (χ4n) is 3.78. The Bertz CT molecular complexity index is 1600. The summed E-state index contributed by atoms with van der Waals surface area (Å²) in [6, 6.07) is 21.8. The van der Waals surface area contributed by atoms with Crippen molar-refractivity contribution in [2.45, 2.75) is 6.54 Å². The minimum absolute atomic E-state index is 0.275. The largest absolute Gasteiger partial charge is 0.465 e. The minimum atomic E-state index is -0.467. The van der Waals surface area contributed by atoms with Crippen LogP contribution in [0.4, 0.5) is 5.69 Å². The monoisotopic (exact) mass is 453 g/mol. The number of hydrogen-bond acceptors (Lipinski definition) is 6. The molecule has 1 amide bonds. The fraction of sp³-hybridized carbons (Fsp3) is 0.0800. The zero-order valence-corrected chi connectivity index (χ0v) is 18.1. The number of methoxy groups -OCH3 is 1. The number of fused-ring (bicyclic) bond motifs is 2. The normalized spacial score (nSPS) is 11.0. The van der Waals surface area contributed by atoms with Gasteiger partial charge < -0.3 is 10.1 Å². The second-order valence-corrected chi connectivity index (χ2v) is 7.60. The second kappa shape index (κ2) is 8.62. The molecule has 5 rings (SSSR count). The number of aromatic nitrogens is 4. The summed E-state index contributed by atoms with van der Waals surface area (Å²) in [4.78, 5) is 37.0. The Labute approximate surface area is 193 Å². The van der Waals surface area contributed by atoms with Gasteiger partial charge in [-0.3, -0.25) is 9.59 Å². The Kier molecular flexibility index (Phi) is 5.35. The molecule has 0 saturated heterocycles. The zero-order valence-electron chi connectivity index (χ0n) is 18.1. The lowest BCUT2D eigenvalue weighted by Crippen LogP contribution is -2.30. The summed E-state index contributed by atoms with van der Waals surface area (Å²) in [7, 11) is 1.30. The fourth-order valence-corrected chi connectivity index (χ4v) is 3.78. The summed E-state index contributed by atoms with van der Waals surface area (Å²) in [6.45, 7) is -0.275. The third-order valence-corrected chi connectivity index (χ3v) is 5.44. The van der Waals surface area contributed by atoms with Crippen LogP contribution in [0.1, 0.15) is 10.4 Å². The van der Waals surface area contributed by atoms with Crippen LogP contribution in [-0.2, 0) is 16.1 Å². The molecule has 0 radical (unpaired) electrons. The molecule has 3 aromatic carbocycles. The van der Waals surface area contributed by atoms with E-state index < -0.39 is 17.4 Å². The van der Waals surface area contributed by atoms with Crippen LogP contribution in [0.5, 0.6) is 0 Å². The van der Waals surface area contributed by atoms with Crippen LogP contribution >= 0.6 is 0 Å². The highest BCUT2D eigenvalue weighted by molar-refractivity contribution is 5.96. The lowest BCUT2D eigenvalue weighted by atomic mass is 10.0. The van der Waals surface area contributed by atoms with Gasteiger partial charge in [-0.05, 0) is 41.1 Å². The van der Waals surface area contributed by atoms with Crippen molar-refractivity contribution in [3.63, 3.8) is 0 Å². The van der Waals surface area contributed by atoms with Gasteiger partial charge >= 0.3 is 5.97 Å². The Balaban J connectivity index is 1.40. The first-order valence-corrected chi connectivity index (χ1v) is 10.5. The lowest BCUT2D eigenvalue weighted by molar-refractivity contribution is -0.117. The van der Waals surface area contributed by atoms with Gasteiger partial charge in [0.15, 0.2) is 0 Å². The third-order valence-electron chi connectivity index (χ3n) is 5.44. The molecule has 5 aromatic rings. The molecule has 0 atom stereocenters. The highest BCUT2D eigenvalue weighted by Crippen LogP contribution is 2.27. The van der Waals surface area contributed by atoms with E-state index in [0.717, 1.165) is 21.0 Å². The smallest absolute Gasteiger partial charge is 0.337 e. The molecule has 0 bridgehead atoms. The number of anilines is 1. The maximum absolute atomic E-state index is 13.0. The third kappa shape index (κ3) is 3.90. The molecule has 34 heavy (non-hydrogen) atoms. The Morgan fingerprint density at radius 3 is 2.56 bits per heavy atom. The van der Waals surface area contributed by atoms with E-state index in [1.54, 1.807) is 30.3 Å². The molecule has 0 aliphatic heterocycles. The van der Waals surface area contributed by atoms with Gasteiger partial charge in [0.2, 0.25) is 5.91 Å². The molecule has 0 unspecified atom stereocenters. The molecule has 0 aliphatic carbocycles. The maximum Gasteiger partial charge on any atom is 0.337 e. The summed E-state index contributed by atoms with van der Waals surface area (Å²) in [5, 5.41) is 13.4. The first-order chi connectivity index (χ1) is 16.5. The number of carbonyl (C=O) groups is 2. The van der Waals surface area contributed by atoms with Gasteiger partial charge in [0, 0.05) is 11.3 Å². The van der Waals surface area contributed by atoms with Gasteiger partial charge in [0.1, 0.15) is 18.4 Å². The number of carbonyl (C=O) groups excluding carboxylic acids is 2. The van der Waals surface area contributed by atoms with Crippen molar-refractivity contribution < 1.29 is 14.3 Å². The number of nitrogens with zero attached hydrogens (tertiary/aromatic N) is 4. The summed E-state index contributed by atoms with van der Waals surface area (Å²) < 4.78 is 7.16. The average molecular weight is 453 g/mol. The van der Waals surface area contributed by atoms with Crippen LogP contribution in [0, 0.1) is 0 Å². The van der Waals surface area contributed by atoms with Crippen molar-refractivity contribution in [3.05, 3.63) is 95.0 Å². The molecular weight excluding hydrogens is 434 g/mol. The molecule has 1 N–H and O–H groups in total. The van der Waals surface area contributed by atoms with Crippen molar-refractivity contribution in [2.24, 2.45) is 0 Å². The van der Waals surface area contributed by atoms with E-state index in [1.807, 2.05) is 42.5 Å². The van der Waals surface area contributed by atoms with Crippen molar-refractivity contribution in [2.75, 3.05) is 12.4 Å². The summed E-state index contributed by atoms with van der Waals surface area (Å²) in [6.07, 6.45) is 1.41. The summed E-state index contributed by atoms with van der Waals surface area (Å²) in [5.74, 6) is -0.899. The average Bonchev–Trinajstić information content (AvgIpc) is 3.30. The Morgan fingerprint density at radius 2 is 1.76 bits per heavy atom. The highest BCUT2D eigenvalue weighted by atomic mass is 16.5. The van der Waals surface area contributed by atoms with Gasteiger partial charge in [-0.1, -0.05) is 42.5 Å². The van der Waals surface area contributed by atoms with Gasteiger partial charge in [-0.2, -0.15) is 10.2 Å². The van der Waals surface area contributed by atoms with Gasteiger partial charge in [0.25, 0.3) is 5.56 Å². The first kappa shape index (κ1) is 21.1. The molecule has 9 heteroatoms. The molecule has 0 saturated carbocycles. The Hall–Kier alpha value is -4.79. The number of esters is 1. The van der Waals surface area contributed by atoms with Crippen molar-refractivity contribution in [1.29, 1.82) is 0 Å². The van der Waals surface area contributed by atoms with E-state index in [1.165, 1.54) is 18.0 Å². The molecule has 2 heterocycles. The zero-order chi connectivity index (χ0) is 23.7.